The van der Waals surface area contributed by atoms with Crippen molar-refractivity contribution in [1.29, 1.82) is 0 Å². The predicted octanol–water partition coefficient (Wildman–Crippen LogP) is 0.712. The monoisotopic (exact) mass is 318 g/mol. The fourth-order valence-corrected chi connectivity index (χ4v) is 2.38. The normalized spacial score (nSPS) is 10.7. The molecule has 0 spiro atoms. The highest BCUT2D eigenvalue weighted by molar-refractivity contribution is 6.06. The number of carboxylic acids is 1. The Bertz CT molecular complexity index is 797. The molecule has 0 aliphatic heterocycles. The molecule has 0 saturated heterocycles. The molecule has 0 unspecified atom stereocenters. The van der Waals surface area contributed by atoms with Crippen molar-refractivity contribution in [2.45, 2.75) is 0 Å². The average molecular weight is 318 g/mol. The molecule has 0 aliphatic carbocycles. The highest BCUT2D eigenvalue weighted by Crippen LogP contribution is 2.18. The summed E-state index contributed by atoms with van der Waals surface area (Å²) in [6.45, 7) is -0.112. The number of aromatic nitrogens is 1. The van der Waals surface area contributed by atoms with E-state index >= 15 is 0 Å². The van der Waals surface area contributed by atoms with Crippen LogP contribution in [0.5, 0.6) is 0 Å². The number of aliphatic carboxylic acids is 1. The van der Waals surface area contributed by atoms with Crippen LogP contribution in [0.3, 0.4) is 0 Å². The number of aryl methyl sites for hydroxylation is 1. The highest BCUT2D eigenvalue weighted by atomic mass is 16.5. The van der Waals surface area contributed by atoms with Crippen LogP contribution in [0.4, 0.5) is 0 Å². The Labute approximate surface area is 132 Å². The number of nitrogens with zero attached hydrogens (tertiary/aromatic N) is 2. The molecular weight excluding hydrogens is 300 g/mol. The third-order valence-electron chi connectivity index (χ3n) is 3.56. The molecule has 0 atom stereocenters. The van der Waals surface area contributed by atoms with Crippen LogP contribution in [0, 0.1) is 0 Å². The van der Waals surface area contributed by atoms with E-state index in [1.807, 2.05) is 0 Å². The summed E-state index contributed by atoms with van der Waals surface area (Å²) >= 11 is 0. The largest absolute Gasteiger partial charge is 0.480 e. The van der Waals surface area contributed by atoms with Crippen LogP contribution in [0.25, 0.3) is 10.9 Å². The van der Waals surface area contributed by atoms with Crippen molar-refractivity contribution >= 4 is 22.8 Å². The second-order valence-corrected chi connectivity index (χ2v) is 5.09. The van der Waals surface area contributed by atoms with E-state index in [9.17, 15) is 14.4 Å². The summed E-state index contributed by atoms with van der Waals surface area (Å²) in [4.78, 5) is 36.9. The van der Waals surface area contributed by atoms with Gasteiger partial charge in [-0.25, -0.2) is 0 Å². The first-order chi connectivity index (χ1) is 11.0. The third kappa shape index (κ3) is 3.57. The number of carbonyl (C=O) groups excluding carboxylic acids is 1. The number of amides is 1. The summed E-state index contributed by atoms with van der Waals surface area (Å²) in [7, 11) is 3.09. The molecule has 0 radical (unpaired) electrons. The van der Waals surface area contributed by atoms with Gasteiger partial charge in [0.15, 0.2) is 0 Å². The number of rotatable bonds is 6. The maximum Gasteiger partial charge on any atom is 0.323 e. The topological polar surface area (TPSA) is 88.8 Å². The van der Waals surface area contributed by atoms with E-state index in [4.69, 9.17) is 9.84 Å². The Morgan fingerprint density at radius 3 is 2.65 bits per heavy atom. The number of ether oxygens (including phenoxy) is 1. The maximum absolute atomic E-state index is 12.7. The van der Waals surface area contributed by atoms with E-state index in [1.165, 1.54) is 17.7 Å². The Morgan fingerprint density at radius 1 is 1.30 bits per heavy atom. The first-order valence-corrected chi connectivity index (χ1v) is 7.04. The van der Waals surface area contributed by atoms with Gasteiger partial charge in [-0.1, -0.05) is 18.2 Å². The number of benzene rings is 1. The molecule has 2 rings (SSSR count). The minimum Gasteiger partial charge on any atom is -0.480 e. The number of para-hydroxylation sites is 1. The van der Waals surface area contributed by atoms with Gasteiger partial charge in [-0.2, -0.15) is 0 Å². The van der Waals surface area contributed by atoms with Crippen molar-refractivity contribution in [2.75, 3.05) is 26.8 Å². The number of pyridine rings is 1. The van der Waals surface area contributed by atoms with E-state index < -0.39 is 18.4 Å². The van der Waals surface area contributed by atoms with Gasteiger partial charge in [0.25, 0.3) is 11.5 Å². The van der Waals surface area contributed by atoms with Crippen LogP contribution < -0.4 is 5.56 Å². The fourth-order valence-electron chi connectivity index (χ4n) is 2.38. The molecule has 23 heavy (non-hydrogen) atoms. The zero-order chi connectivity index (χ0) is 17.0. The second-order valence-electron chi connectivity index (χ2n) is 5.09. The Balaban J connectivity index is 2.52. The summed E-state index contributed by atoms with van der Waals surface area (Å²) in [5.74, 6) is -1.62. The van der Waals surface area contributed by atoms with Gasteiger partial charge in [0.05, 0.1) is 17.7 Å². The zero-order valence-electron chi connectivity index (χ0n) is 13.0. The number of carbonyl (C=O) groups is 2. The summed E-state index contributed by atoms with van der Waals surface area (Å²) in [5.41, 5.74) is 0.487. The number of carboxylic acid groups (broad SMARTS) is 1. The predicted molar refractivity (Wildman–Crippen MR) is 84.6 cm³/mol. The Kier molecular flexibility index (Phi) is 5.13. The smallest absolute Gasteiger partial charge is 0.323 e. The third-order valence-corrected chi connectivity index (χ3v) is 3.56. The van der Waals surface area contributed by atoms with Crippen molar-refractivity contribution in [3.8, 4) is 0 Å². The summed E-state index contributed by atoms with van der Waals surface area (Å²) in [6, 6.07) is 8.25. The average Bonchev–Trinajstić information content (AvgIpc) is 2.54. The number of fused-ring (bicyclic) bond motifs is 1. The molecule has 2 aromatic rings. The number of hydrogen-bond donors (Lipinski definition) is 1. The SMILES string of the molecule is COCCN(CC(=O)O)C(=O)c1cc(=O)n(C)c2ccccc12. The lowest BCUT2D eigenvalue weighted by Gasteiger charge is -2.21. The summed E-state index contributed by atoms with van der Waals surface area (Å²) in [6.07, 6.45) is 0. The van der Waals surface area contributed by atoms with Gasteiger partial charge >= 0.3 is 5.97 Å². The molecule has 0 bridgehead atoms. The zero-order valence-corrected chi connectivity index (χ0v) is 13.0. The van der Waals surface area contributed by atoms with E-state index in [0.717, 1.165) is 4.90 Å². The highest BCUT2D eigenvalue weighted by Gasteiger charge is 2.21. The molecule has 1 N–H and O–H groups in total. The van der Waals surface area contributed by atoms with E-state index in [-0.39, 0.29) is 24.3 Å². The molecule has 1 aromatic heterocycles. The quantitative estimate of drug-likeness (QED) is 0.847. The van der Waals surface area contributed by atoms with Crippen LogP contribution in [0.1, 0.15) is 10.4 Å². The van der Waals surface area contributed by atoms with Crippen molar-refractivity contribution in [1.82, 2.24) is 9.47 Å². The first kappa shape index (κ1) is 16.7. The van der Waals surface area contributed by atoms with Gasteiger partial charge in [0.1, 0.15) is 6.54 Å². The van der Waals surface area contributed by atoms with Gasteiger partial charge in [-0.05, 0) is 6.07 Å². The van der Waals surface area contributed by atoms with Gasteiger partial charge in [0, 0.05) is 32.2 Å². The standard InChI is InChI=1S/C16H18N2O5/c1-17-13-6-4-3-5-11(13)12(9-14(17)19)16(22)18(7-8-23-2)10-15(20)21/h3-6,9H,7-8,10H2,1-2H3,(H,20,21). The summed E-state index contributed by atoms with van der Waals surface area (Å²) in [5, 5.41) is 9.59. The molecule has 7 nitrogen and oxygen atoms in total. The molecule has 0 fully saturated rings. The van der Waals surface area contributed by atoms with E-state index in [1.54, 1.807) is 31.3 Å². The second kappa shape index (κ2) is 7.06. The lowest BCUT2D eigenvalue weighted by molar-refractivity contribution is -0.137. The maximum atomic E-state index is 12.7. The van der Waals surface area contributed by atoms with Gasteiger partial charge in [-0.3, -0.25) is 14.4 Å². The van der Waals surface area contributed by atoms with Crippen LogP contribution in [-0.4, -0.2) is 53.3 Å². The molecule has 122 valence electrons. The van der Waals surface area contributed by atoms with Crippen molar-refractivity contribution < 1.29 is 19.4 Å². The Morgan fingerprint density at radius 2 is 2.00 bits per heavy atom. The van der Waals surface area contributed by atoms with Crippen molar-refractivity contribution in [3.05, 3.63) is 46.2 Å². The first-order valence-electron chi connectivity index (χ1n) is 7.04. The lowest BCUT2D eigenvalue weighted by atomic mass is 10.1. The molecular formula is C16H18N2O5. The molecule has 1 heterocycles. The lowest BCUT2D eigenvalue weighted by Crippen LogP contribution is -2.38. The van der Waals surface area contributed by atoms with E-state index in [0.29, 0.717) is 10.9 Å². The van der Waals surface area contributed by atoms with Crippen LogP contribution in [0.15, 0.2) is 35.1 Å². The van der Waals surface area contributed by atoms with Gasteiger partial charge in [0.2, 0.25) is 0 Å². The van der Waals surface area contributed by atoms with Gasteiger partial charge < -0.3 is 19.3 Å². The molecule has 1 aromatic carbocycles. The Hall–Kier alpha value is -2.67. The van der Waals surface area contributed by atoms with E-state index in [2.05, 4.69) is 0 Å². The van der Waals surface area contributed by atoms with Crippen LogP contribution >= 0.6 is 0 Å². The van der Waals surface area contributed by atoms with Crippen molar-refractivity contribution in [2.24, 2.45) is 7.05 Å². The molecule has 1 amide bonds. The fraction of sp³-hybridized carbons (Fsp3) is 0.312. The molecule has 7 heteroatoms. The summed E-state index contributed by atoms with van der Waals surface area (Å²) < 4.78 is 6.36. The minimum absolute atomic E-state index is 0.130. The molecule has 0 saturated carbocycles. The van der Waals surface area contributed by atoms with Crippen LogP contribution in [0.2, 0.25) is 0 Å². The van der Waals surface area contributed by atoms with Crippen molar-refractivity contribution in [3.63, 3.8) is 0 Å². The molecule has 0 aliphatic rings. The number of hydrogen-bond acceptors (Lipinski definition) is 4. The van der Waals surface area contributed by atoms with Crippen LogP contribution in [-0.2, 0) is 16.6 Å². The van der Waals surface area contributed by atoms with Gasteiger partial charge in [-0.15, -0.1) is 0 Å². The number of methoxy groups -OCH3 is 1. The minimum atomic E-state index is -1.12.